The first-order valence-electron chi connectivity index (χ1n) is 9.13. The van der Waals surface area contributed by atoms with E-state index >= 15 is 0 Å². The molecule has 0 saturated carbocycles. The van der Waals surface area contributed by atoms with Crippen molar-refractivity contribution in [3.8, 4) is 5.69 Å². The number of hydrogen-bond donors (Lipinski definition) is 0. The topological polar surface area (TPSA) is 101 Å². The van der Waals surface area contributed by atoms with Gasteiger partial charge in [0.2, 0.25) is 15.9 Å². The van der Waals surface area contributed by atoms with Crippen molar-refractivity contribution in [2.75, 3.05) is 38.2 Å². The van der Waals surface area contributed by atoms with E-state index in [2.05, 4.69) is 15.1 Å². The van der Waals surface area contributed by atoms with E-state index < -0.39 is 10.0 Å². The Bertz CT molecular complexity index is 1170. The number of halogens is 1. The maximum Gasteiger partial charge on any atom is 0.233 e. The van der Waals surface area contributed by atoms with Gasteiger partial charge in [0.05, 0.1) is 29.3 Å². The number of amides is 1. The Morgan fingerprint density at radius 1 is 1.13 bits per heavy atom. The molecule has 1 aliphatic rings. The van der Waals surface area contributed by atoms with Gasteiger partial charge in [-0.3, -0.25) is 4.79 Å². The number of benzene rings is 1. The lowest BCUT2D eigenvalue weighted by atomic mass is 10.3. The molecule has 0 spiro atoms. The van der Waals surface area contributed by atoms with Crippen LogP contribution in [0.2, 0.25) is 0 Å². The lowest BCUT2D eigenvalue weighted by Gasteiger charge is -2.33. The Morgan fingerprint density at radius 2 is 1.83 bits per heavy atom. The molecule has 1 aromatic carbocycles. The molecule has 3 heterocycles. The van der Waals surface area contributed by atoms with Gasteiger partial charge in [-0.2, -0.15) is 9.40 Å². The largest absolute Gasteiger partial charge is 0.339 e. The third-order valence-electron chi connectivity index (χ3n) is 4.79. The molecular weight excluding hydrogens is 431 g/mol. The summed E-state index contributed by atoms with van der Waals surface area (Å²) < 4.78 is 39.3. The summed E-state index contributed by atoms with van der Waals surface area (Å²) in [4.78, 5) is 22.8. The van der Waals surface area contributed by atoms with Crippen LogP contribution < -0.4 is 0 Å². The summed E-state index contributed by atoms with van der Waals surface area (Å²) in [5.74, 6) is -0.241. The molecule has 4 rings (SSSR count). The van der Waals surface area contributed by atoms with Gasteiger partial charge in [-0.1, -0.05) is 11.8 Å². The van der Waals surface area contributed by atoms with E-state index in [4.69, 9.17) is 0 Å². The summed E-state index contributed by atoms with van der Waals surface area (Å²) in [5.41, 5.74) is 1.23. The van der Waals surface area contributed by atoms with Gasteiger partial charge < -0.3 is 4.90 Å². The van der Waals surface area contributed by atoms with Crippen LogP contribution in [-0.2, 0) is 14.8 Å². The molecule has 1 saturated heterocycles. The van der Waals surface area contributed by atoms with Crippen LogP contribution in [0.15, 0.2) is 41.8 Å². The highest BCUT2D eigenvalue weighted by Gasteiger charge is 2.26. The van der Waals surface area contributed by atoms with E-state index in [0.29, 0.717) is 47.9 Å². The molecule has 1 fully saturated rings. The zero-order chi connectivity index (χ0) is 21.3. The molecule has 158 valence electrons. The maximum absolute atomic E-state index is 13.2. The third-order valence-corrected chi connectivity index (χ3v) is 7.09. The third kappa shape index (κ3) is 4.30. The summed E-state index contributed by atoms with van der Waals surface area (Å²) in [7, 11) is -3.23. The van der Waals surface area contributed by atoms with Gasteiger partial charge in [0, 0.05) is 26.2 Å². The van der Waals surface area contributed by atoms with Crippen LogP contribution >= 0.6 is 11.8 Å². The molecule has 1 aliphatic heterocycles. The van der Waals surface area contributed by atoms with Crippen molar-refractivity contribution in [1.82, 2.24) is 29.0 Å². The molecule has 3 aromatic rings. The van der Waals surface area contributed by atoms with Crippen LogP contribution in [0, 0.1) is 5.82 Å². The van der Waals surface area contributed by atoms with Crippen molar-refractivity contribution in [2.24, 2.45) is 0 Å². The van der Waals surface area contributed by atoms with Gasteiger partial charge in [0.1, 0.15) is 17.2 Å². The Hall–Kier alpha value is -2.57. The molecule has 0 aliphatic carbocycles. The molecule has 0 atom stereocenters. The number of carbonyl (C=O) groups excluding carboxylic acids is 1. The highest BCUT2D eigenvalue weighted by atomic mass is 32.2. The van der Waals surface area contributed by atoms with Crippen LogP contribution in [0.4, 0.5) is 4.39 Å². The fourth-order valence-corrected chi connectivity index (χ4v) is 4.89. The number of thioether (sulfide) groups is 1. The SMILES string of the molecule is CS(=O)(=O)N1CCN(C(=O)CSc2ncnc3c2cnn3-c2ccc(F)cc2)CC1. The zero-order valence-corrected chi connectivity index (χ0v) is 17.7. The molecule has 0 bridgehead atoms. The fourth-order valence-electron chi connectivity index (χ4n) is 3.20. The lowest BCUT2D eigenvalue weighted by molar-refractivity contribution is -0.129. The summed E-state index contributed by atoms with van der Waals surface area (Å²) in [6.45, 7) is 1.34. The Labute approximate surface area is 176 Å². The average molecular weight is 451 g/mol. The van der Waals surface area contributed by atoms with Gasteiger partial charge in [0.15, 0.2) is 5.65 Å². The predicted molar refractivity (Wildman–Crippen MR) is 110 cm³/mol. The molecule has 0 unspecified atom stereocenters. The van der Waals surface area contributed by atoms with E-state index in [0.717, 1.165) is 0 Å². The molecule has 0 radical (unpaired) electrons. The maximum atomic E-state index is 13.2. The van der Waals surface area contributed by atoms with Gasteiger partial charge in [-0.25, -0.2) is 27.5 Å². The smallest absolute Gasteiger partial charge is 0.233 e. The average Bonchev–Trinajstić information content (AvgIpc) is 3.17. The summed E-state index contributed by atoms with van der Waals surface area (Å²) in [6, 6.07) is 5.91. The Morgan fingerprint density at radius 3 is 2.50 bits per heavy atom. The summed E-state index contributed by atoms with van der Waals surface area (Å²) >= 11 is 1.28. The van der Waals surface area contributed by atoms with Crippen LogP contribution in [0.1, 0.15) is 0 Å². The molecule has 0 N–H and O–H groups in total. The minimum atomic E-state index is -3.23. The van der Waals surface area contributed by atoms with E-state index in [1.165, 1.54) is 40.8 Å². The predicted octanol–water partition coefficient (Wildman–Crippen LogP) is 1.15. The molecule has 2 aromatic heterocycles. The quantitative estimate of drug-likeness (QED) is 0.425. The highest BCUT2D eigenvalue weighted by Crippen LogP contribution is 2.26. The van der Waals surface area contributed by atoms with E-state index in [-0.39, 0.29) is 17.5 Å². The molecule has 1 amide bonds. The number of sulfonamides is 1. The number of fused-ring (bicyclic) bond motifs is 1. The Balaban J connectivity index is 1.45. The normalized spacial score (nSPS) is 15.6. The summed E-state index contributed by atoms with van der Waals surface area (Å²) in [6.07, 6.45) is 4.20. The minimum Gasteiger partial charge on any atom is -0.339 e. The second-order valence-electron chi connectivity index (χ2n) is 6.78. The summed E-state index contributed by atoms with van der Waals surface area (Å²) in [5, 5.41) is 5.64. The van der Waals surface area contributed by atoms with Crippen molar-refractivity contribution in [2.45, 2.75) is 5.03 Å². The van der Waals surface area contributed by atoms with Crippen molar-refractivity contribution in [3.63, 3.8) is 0 Å². The molecule has 9 nitrogen and oxygen atoms in total. The van der Waals surface area contributed by atoms with Crippen LogP contribution in [0.5, 0.6) is 0 Å². The van der Waals surface area contributed by atoms with Crippen LogP contribution in [0.25, 0.3) is 16.7 Å². The van der Waals surface area contributed by atoms with Crippen molar-refractivity contribution in [3.05, 3.63) is 42.6 Å². The molecule has 12 heteroatoms. The van der Waals surface area contributed by atoms with Crippen LogP contribution in [0.3, 0.4) is 0 Å². The number of aromatic nitrogens is 4. The number of carbonyl (C=O) groups is 1. The van der Waals surface area contributed by atoms with Gasteiger partial charge in [-0.05, 0) is 24.3 Å². The van der Waals surface area contributed by atoms with Crippen LogP contribution in [-0.4, -0.2) is 81.5 Å². The van der Waals surface area contributed by atoms with Crippen molar-refractivity contribution >= 4 is 38.7 Å². The van der Waals surface area contributed by atoms with Gasteiger partial charge >= 0.3 is 0 Å². The molecule has 30 heavy (non-hydrogen) atoms. The number of piperazine rings is 1. The number of nitrogens with zero attached hydrogens (tertiary/aromatic N) is 6. The zero-order valence-electron chi connectivity index (χ0n) is 16.1. The first-order valence-corrected chi connectivity index (χ1v) is 12.0. The van der Waals surface area contributed by atoms with Crippen molar-refractivity contribution in [1.29, 1.82) is 0 Å². The molecular formula is C18H19FN6O3S2. The van der Waals surface area contributed by atoms with Gasteiger partial charge in [0.25, 0.3) is 0 Å². The standard InChI is InChI=1S/C18H19FN6O3S2/c1-30(27,28)24-8-6-23(7-9-24)16(26)11-29-18-15-10-22-25(17(15)20-12-21-18)14-4-2-13(19)3-5-14/h2-5,10,12H,6-9,11H2,1H3. The first kappa shape index (κ1) is 20.7. The fraction of sp³-hybridized carbons (Fsp3) is 0.333. The minimum absolute atomic E-state index is 0.0779. The van der Waals surface area contributed by atoms with E-state index in [9.17, 15) is 17.6 Å². The monoisotopic (exact) mass is 450 g/mol. The number of rotatable bonds is 5. The van der Waals surface area contributed by atoms with E-state index in [1.54, 1.807) is 27.9 Å². The van der Waals surface area contributed by atoms with Crippen molar-refractivity contribution < 1.29 is 17.6 Å². The first-order chi connectivity index (χ1) is 14.3. The Kier molecular flexibility index (Phi) is 5.71. The second-order valence-corrected chi connectivity index (χ2v) is 9.73. The second kappa shape index (κ2) is 8.28. The lowest BCUT2D eigenvalue weighted by Crippen LogP contribution is -2.50. The highest BCUT2D eigenvalue weighted by molar-refractivity contribution is 8.00. The van der Waals surface area contributed by atoms with E-state index in [1.807, 2.05) is 0 Å². The number of hydrogen-bond acceptors (Lipinski definition) is 7. The van der Waals surface area contributed by atoms with Gasteiger partial charge in [-0.15, -0.1) is 0 Å².